The van der Waals surface area contributed by atoms with Crippen LogP contribution in [0.1, 0.15) is 16.1 Å². The average Bonchev–Trinajstić information content (AvgIpc) is 2.83. The number of thiazole rings is 1. The normalized spacial score (nSPS) is 10.3. The molecule has 4 nitrogen and oxygen atoms in total. The maximum atomic E-state index is 13.3. The van der Waals surface area contributed by atoms with Crippen LogP contribution in [-0.2, 0) is 4.74 Å². The quantitative estimate of drug-likeness (QED) is 0.858. The Bertz CT molecular complexity index is 630. The van der Waals surface area contributed by atoms with Crippen molar-refractivity contribution >= 4 is 44.1 Å². The van der Waals surface area contributed by atoms with Crippen molar-refractivity contribution in [2.45, 2.75) is 6.92 Å². The van der Waals surface area contributed by atoms with Crippen LogP contribution >= 0.6 is 27.3 Å². The van der Waals surface area contributed by atoms with Gasteiger partial charge in [0, 0.05) is 11.1 Å². The minimum atomic E-state index is -0.485. The van der Waals surface area contributed by atoms with Crippen LogP contribution in [0.15, 0.2) is 22.0 Å². The summed E-state index contributed by atoms with van der Waals surface area (Å²) in [4.78, 5) is 15.4. The van der Waals surface area contributed by atoms with Gasteiger partial charge in [-0.3, -0.25) is 0 Å². The highest BCUT2D eigenvalue weighted by atomic mass is 79.9. The highest BCUT2D eigenvalue weighted by molar-refractivity contribution is 9.10. The molecule has 1 aromatic heterocycles. The number of nitrogens with zero attached hydrogens (tertiary/aromatic N) is 1. The van der Waals surface area contributed by atoms with Crippen LogP contribution in [-0.4, -0.2) is 18.1 Å². The van der Waals surface area contributed by atoms with Gasteiger partial charge in [-0.1, -0.05) is 0 Å². The summed E-state index contributed by atoms with van der Waals surface area (Å²) >= 11 is 4.40. The Hall–Kier alpha value is -1.47. The summed E-state index contributed by atoms with van der Waals surface area (Å²) in [6.07, 6.45) is 0. The van der Waals surface area contributed by atoms with E-state index in [1.54, 1.807) is 18.4 Å². The zero-order valence-electron chi connectivity index (χ0n) is 10.2. The second kappa shape index (κ2) is 5.66. The second-order valence-electron chi connectivity index (χ2n) is 3.74. The number of rotatable bonds is 3. The largest absolute Gasteiger partial charge is 0.464 e. The highest BCUT2D eigenvalue weighted by Gasteiger charge is 2.12. The number of carbonyl (C=O) groups is 1. The van der Waals surface area contributed by atoms with Gasteiger partial charge in [0.25, 0.3) is 0 Å². The molecule has 0 aliphatic carbocycles. The molecule has 0 unspecified atom stereocenters. The summed E-state index contributed by atoms with van der Waals surface area (Å²) in [7, 11) is 1.30. The number of anilines is 2. The average molecular weight is 345 g/mol. The Morgan fingerprint density at radius 2 is 2.26 bits per heavy atom. The van der Waals surface area contributed by atoms with Crippen molar-refractivity contribution in [3.63, 3.8) is 0 Å². The molecular weight excluding hydrogens is 335 g/mol. The first-order valence-electron chi connectivity index (χ1n) is 5.27. The Kier molecular flexibility index (Phi) is 4.16. The van der Waals surface area contributed by atoms with Crippen molar-refractivity contribution in [2.24, 2.45) is 0 Å². The van der Waals surface area contributed by atoms with Crippen LogP contribution in [0.3, 0.4) is 0 Å². The fraction of sp³-hybridized carbons (Fsp3) is 0.167. The van der Waals surface area contributed by atoms with Gasteiger partial charge in [0.2, 0.25) is 0 Å². The molecule has 19 heavy (non-hydrogen) atoms. The van der Waals surface area contributed by atoms with Gasteiger partial charge in [-0.25, -0.2) is 14.2 Å². The molecule has 0 spiro atoms. The molecule has 0 aliphatic rings. The Morgan fingerprint density at radius 1 is 1.53 bits per heavy atom. The molecule has 0 saturated heterocycles. The summed E-state index contributed by atoms with van der Waals surface area (Å²) in [5.41, 5.74) is 1.71. The Morgan fingerprint density at radius 3 is 2.95 bits per heavy atom. The first-order valence-corrected chi connectivity index (χ1v) is 6.95. The summed E-state index contributed by atoms with van der Waals surface area (Å²) in [5, 5.41) is 5.19. The summed E-state index contributed by atoms with van der Waals surface area (Å²) < 4.78 is 18.3. The smallest absolute Gasteiger partial charge is 0.357 e. The fourth-order valence-electron chi connectivity index (χ4n) is 1.43. The molecule has 2 aromatic rings. The highest BCUT2D eigenvalue weighted by Crippen LogP contribution is 2.28. The van der Waals surface area contributed by atoms with E-state index in [-0.39, 0.29) is 11.5 Å². The number of hydrogen-bond acceptors (Lipinski definition) is 5. The number of methoxy groups -OCH3 is 1. The lowest BCUT2D eigenvalue weighted by molar-refractivity contribution is 0.0595. The first-order chi connectivity index (χ1) is 9.01. The van der Waals surface area contributed by atoms with Crippen LogP contribution in [0.4, 0.5) is 15.2 Å². The zero-order chi connectivity index (χ0) is 14.0. The Balaban J connectivity index is 2.24. The third-order valence-electron chi connectivity index (χ3n) is 2.41. The maximum Gasteiger partial charge on any atom is 0.357 e. The molecule has 0 saturated carbocycles. The molecule has 0 aliphatic heterocycles. The summed E-state index contributed by atoms with van der Waals surface area (Å²) in [5.74, 6) is -0.807. The lowest BCUT2D eigenvalue weighted by atomic mass is 10.2. The van der Waals surface area contributed by atoms with Crippen molar-refractivity contribution in [1.82, 2.24) is 4.98 Å². The van der Waals surface area contributed by atoms with Gasteiger partial charge < -0.3 is 10.1 Å². The van der Waals surface area contributed by atoms with Crippen LogP contribution in [0.25, 0.3) is 0 Å². The number of halogens is 2. The van der Waals surface area contributed by atoms with Crippen molar-refractivity contribution < 1.29 is 13.9 Å². The van der Waals surface area contributed by atoms with Gasteiger partial charge in [0.1, 0.15) is 5.82 Å². The van der Waals surface area contributed by atoms with E-state index in [2.05, 4.69) is 31.0 Å². The predicted octanol–water partition coefficient (Wildman–Crippen LogP) is 3.88. The number of aromatic nitrogens is 1. The standard InChI is InChI=1S/C12H10BrFN2O2S/c1-6-3-8(14)7(13)4-9(6)15-12-16-10(5-19-12)11(17)18-2/h3-5H,1-2H3,(H,15,16). The van der Waals surface area contributed by atoms with Gasteiger partial charge in [0.15, 0.2) is 10.8 Å². The number of nitrogens with one attached hydrogen (secondary N) is 1. The van der Waals surface area contributed by atoms with Gasteiger partial charge in [-0.2, -0.15) is 0 Å². The monoisotopic (exact) mass is 344 g/mol. The number of benzene rings is 1. The van der Waals surface area contributed by atoms with E-state index < -0.39 is 5.97 Å². The number of esters is 1. The van der Waals surface area contributed by atoms with E-state index in [9.17, 15) is 9.18 Å². The molecule has 0 bridgehead atoms. The van der Waals surface area contributed by atoms with Crippen LogP contribution < -0.4 is 5.32 Å². The van der Waals surface area contributed by atoms with Crippen molar-refractivity contribution in [1.29, 1.82) is 0 Å². The van der Waals surface area contributed by atoms with Gasteiger partial charge in [-0.15, -0.1) is 11.3 Å². The number of aryl methyl sites for hydroxylation is 1. The SMILES string of the molecule is COC(=O)c1csc(Nc2cc(Br)c(F)cc2C)n1. The fourth-order valence-corrected chi connectivity index (χ4v) is 2.46. The van der Waals surface area contributed by atoms with E-state index >= 15 is 0 Å². The minimum Gasteiger partial charge on any atom is -0.464 e. The number of carbonyl (C=O) groups excluding carboxylic acids is 1. The molecule has 0 atom stereocenters. The topological polar surface area (TPSA) is 51.2 Å². The number of ether oxygens (including phenoxy) is 1. The molecular formula is C12H10BrFN2O2S. The molecule has 1 heterocycles. The predicted molar refractivity (Wildman–Crippen MR) is 75.6 cm³/mol. The zero-order valence-corrected chi connectivity index (χ0v) is 12.6. The van der Waals surface area contributed by atoms with Crippen LogP contribution in [0.5, 0.6) is 0 Å². The van der Waals surface area contributed by atoms with Gasteiger partial charge in [0.05, 0.1) is 11.6 Å². The van der Waals surface area contributed by atoms with Crippen LogP contribution in [0.2, 0.25) is 0 Å². The number of hydrogen-bond donors (Lipinski definition) is 1. The summed E-state index contributed by atoms with van der Waals surface area (Å²) in [6, 6.07) is 3.05. The van der Waals surface area contributed by atoms with Crippen molar-refractivity contribution in [3.8, 4) is 0 Å². The molecule has 1 N–H and O–H groups in total. The van der Waals surface area contributed by atoms with Crippen molar-refractivity contribution in [2.75, 3.05) is 12.4 Å². The molecule has 0 amide bonds. The second-order valence-corrected chi connectivity index (χ2v) is 5.45. The maximum absolute atomic E-state index is 13.3. The van der Waals surface area contributed by atoms with E-state index in [1.807, 2.05) is 0 Å². The van der Waals surface area contributed by atoms with E-state index in [0.29, 0.717) is 9.60 Å². The van der Waals surface area contributed by atoms with E-state index in [0.717, 1.165) is 11.3 Å². The molecule has 0 fully saturated rings. The van der Waals surface area contributed by atoms with Gasteiger partial charge in [-0.05, 0) is 40.5 Å². The van der Waals surface area contributed by atoms with E-state index in [1.165, 1.54) is 24.5 Å². The molecule has 100 valence electrons. The third-order valence-corrected chi connectivity index (χ3v) is 3.77. The molecule has 7 heteroatoms. The lowest BCUT2D eigenvalue weighted by Gasteiger charge is -2.07. The molecule has 2 rings (SSSR count). The Labute approximate surface area is 121 Å². The first kappa shape index (κ1) is 14.0. The van der Waals surface area contributed by atoms with Crippen LogP contribution in [0, 0.1) is 12.7 Å². The molecule has 1 aromatic carbocycles. The van der Waals surface area contributed by atoms with E-state index in [4.69, 9.17) is 0 Å². The molecule has 0 radical (unpaired) electrons. The minimum absolute atomic E-state index is 0.244. The van der Waals surface area contributed by atoms with Gasteiger partial charge >= 0.3 is 5.97 Å². The summed E-state index contributed by atoms with van der Waals surface area (Å²) in [6.45, 7) is 1.78. The van der Waals surface area contributed by atoms with Crippen molar-refractivity contribution in [3.05, 3.63) is 39.1 Å². The lowest BCUT2D eigenvalue weighted by Crippen LogP contribution is -2.02. The third kappa shape index (κ3) is 3.10.